The Bertz CT molecular complexity index is 836. The third-order valence-corrected chi connectivity index (χ3v) is 5.69. The van der Waals surface area contributed by atoms with Crippen LogP contribution in [-0.4, -0.2) is 33.6 Å². The van der Waals surface area contributed by atoms with Crippen LogP contribution in [0.3, 0.4) is 0 Å². The molecule has 5 nitrogen and oxygen atoms in total. The van der Waals surface area contributed by atoms with E-state index >= 15 is 0 Å². The zero-order valence-electron chi connectivity index (χ0n) is 12.7. The van der Waals surface area contributed by atoms with Gasteiger partial charge in [0.25, 0.3) is 0 Å². The molecule has 0 spiro atoms. The molecule has 24 heavy (non-hydrogen) atoms. The van der Waals surface area contributed by atoms with Crippen molar-refractivity contribution >= 4 is 54.7 Å². The second-order valence-corrected chi connectivity index (χ2v) is 9.26. The molecule has 9 heteroatoms. The zero-order chi connectivity index (χ0) is 17.7. The summed E-state index contributed by atoms with van der Waals surface area (Å²) in [4.78, 5) is 13.7. The Morgan fingerprint density at radius 1 is 1.33 bits per heavy atom. The fourth-order valence-electron chi connectivity index (χ4n) is 1.83. The molecule has 0 unspecified atom stereocenters. The van der Waals surface area contributed by atoms with Crippen LogP contribution in [0.2, 0.25) is 5.02 Å². The van der Waals surface area contributed by atoms with Crippen molar-refractivity contribution in [2.24, 2.45) is 0 Å². The number of thiophene rings is 1. The van der Waals surface area contributed by atoms with Crippen LogP contribution in [0.1, 0.15) is 14.5 Å². The summed E-state index contributed by atoms with van der Waals surface area (Å²) in [7, 11) is -3.20. The molecule has 0 aliphatic rings. The van der Waals surface area contributed by atoms with E-state index in [9.17, 15) is 13.2 Å². The van der Waals surface area contributed by atoms with Gasteiger partial charge < -0.3 is 4.74 Å². The van der Waals surface area contributed by atoms with E-state index in [0.29, 0.717) is 33.1 Å². The lowest BCUT2D eigenvalue weighted by Crippen LogP contribution is -2.24. The van der Waals surface area contributed by atoms with Gasteiger partial charge in [-0.25, -0.2) is 13.1 Å². The van der Waals surface area contributed by atoms with E-state index in [2.05, 4.69) is 20.7 Å². The first-order valence-electron chi connectivity index (χ1n) is 6.89. The molecular weight excluding hydrogens is 438 g/mol. The number of benzene rings is 1. The van der Waals surface area contributed by atoms with Gasteiger partial charge in [0.15, 0.2) is 6.61 Å². The average molecular weight is 453 g/mol. The van der Waals surface area contributed by atoms with Crippen molar-refractivity contribution in [2.45, 2.75) is 6.42 Å². The number of carbonyl (C=O) groups is 1. The Hall–Kier alpha value is -0.930. The van der Waals surface area contributed by atoms with Gasteiger partial charge in [-0.3, -0.25) is 4.79 Å². The van der Waals surface area contributed by atoms with Crippen LogP contribution in [0.4, 0.5) is 0 Å². The summed E-state index contributed by atoms with van der Waals surface area (Å²) < 4.78 is 30.6. The second kappa shape index (κ2) is 8.44. The molecule has 0 aliphatic carbocycles. The van der Waals surface area contributed by atoms with Crippen LogP contribution < -0.4 is 9.46 Å². The van der Waals surface area contributed by atoms with Crippen LogP contribution in [0.25, 0.3) is 0 Å². The van der Waals surface area contributed by atoms with Crippen molar-refractivity contribution < 1.29 is 17.9 Å². The molecule has 0 amide bonds. The van der Waals surface area contributed by atoms with Gasteiger partial charge in [-0.1, -0.05) is 11.6 Å². The first-order chi connectivity index (χ1) is 11.2. The van der Waals surface area contributed by atoms with Gasteiger partial charge in [-0.15, -0.1) is 11.3 Å². The number of sulfonamides is 1. The van der Waals surface area contributed by atoms with E-state index < -0.39 is 10.0 Å². The van der Waals surface area contributed by atoms with Crippen LogP contribution in [0.15, 0.2) is 34.8 Å². The molecule has 0 aliphatic heterocycles. The quantitative estimate of drug-likeness (QED) is 0.622. The lowest BCUT2D eigenvalue weighted by molar-refractivity contribution is 0.0925. The summed E-state index contributed by atoms with van der Waals surface area (Å²) in [5.74, 6) is 0.408. The van der Waals surface area contributed by atoms with Crippen LogP contribution in [-0.2, 0) is 16.4 Å². The molecule has 2 rings (SSSR count). The third-order valence-electron chi connectivity index (χ3n) is 2.92. The zero-order valence-corrected chi connectivity index (χ0v) is 16.7. The van der Waals surface area contributed by atoms with Crippen LogP contribution in [0.5, 0.6) is 5.75 Å². The highest BCUT2D eigenvalue weighted by Gasteiger charge is 2.12. The van der Waals surface area contributed by atoms with Gasteiger partial charge >= 0.3 is 0 Å². The number of rotatable bonds is 8. The lowest BCUT2D eigenvalue weighted by Gasteiger charge is -2.07. The van der Waals surface area contributed by atoms with E-state index in [0.717, 1.165) is 11.1 Å². The summed E-state index contributed by atoms with van der Waals surface area (Å²) >= 11 is 10.5. The first kappa shape index (κ1) is 19.4. The molecule has 1 aromatic carbocycles. The van der Waals surface area contributed by atoms with E-state index in [-0.39, 0.29) is 12.4 Å². The molecule has 0 saturated carbocycles. The minimum atomic E-state index is -3.20. The predicted molar refractivity (Wildman–Crippen MR) is 99.8 cm³/mol. The maximum atomic E-state index is 12.2. The normalized spacial score (nSPS) is 11.5. The van der Waals surface area contributed by atoms with Crippen molar-refractivity contribution in [3.63, 3.8) is 0 Å². The average Bonchev–Trinajstić information content (AvgIpc) is 2.93. The maximum Gasteiger partial charge on any atom is 0.210 e. The number of hydrogen-bond acceptors (Lipinski definition) is 5. The van der Waals surface area contributed by atoms with Crippen molar-refractivity contribution in [1.82, 2.24) is 4.72 Å². The van der Waals surface area contributed by atoms with Gasteiger partial charge in [0.2, 0.25) is 15.8 Å². The lowest BCUT2D eigenvalue weighted by atomic mass is 10.3. The molecule has 0 radical (unpaired) electrons. The molecule has 130 valence electrons. The number of hydrogen-bond donors (Lipinski definition) is 1. The van der Waals surface area contributed by atoms with Gasteiger partial charge in [0, 0.05) is 16.4 Å². The highest BCUT2D eigenvalue weighted by molar-refractivity contribution is 9.10. The van der Waals surface area contributed by atoms with Crippen molar-refractivity contribution in [1.29, 1.82) is 0 Å². The minimum Gasteiger partial charge on any atom is -0.484 e. The molecule has 1 heterocycles. The van der Waals surface area contributed by atoms with E-state index in [1.165, 1.54) is 11.3 Å². The van der Waals surface area contributed by atoms with Gasteiger partial charge in [0.05, 0.1) is 15.6 Å². The van der Waals surface area contributed by atoms with E-state index in [4.69, 9.17) is 16.3 Å². The largest absolute Gasteiger partial charge is 0.484 e. The standard InChI is InChI=1S/C15H15BrClNO4S2/c1-24(20,21)18-7-6-11-3-5-15(23-11)13(19)9-22-14-4-2-10(17)8-12(14)16/h2-5,8,18H,6-7,9H2,1H3. The van der Waals surface area contributed by atoms with E-state index in [1.807, 2.05) is 6.07 Å². The highest BCUT2D eigenvalue weighted by Crippen LogP contribution is 2.28. The Morgan fingerprint density at radius 3 is 2.75 bits per heavy atom. The molecule has 0 saturated heterocycles. The third kappa shape index (κ3) is 6.18. The summed E-state index contributed by atoms with van der Waals surface area (Å²) in [6.45, 7) is 0.225. The smallest absolute Gasteiger partial charge is 0.210 e. The molecule has 2 aromatic rings. The topological polar surface area (TPSA) is 72.5 Å². The second-order valence-electron chi connectivity index (χ2n) is 4.97. The first-order valence-corrected chi connectivity index (χ1v) is 10.8. The van der Waals surface area contributed by atoms with Crippen molar-refractivity contribution in [3.8, 4) is 5.75 Å². The Labute approximate surface area is 158 Å². The number of nitrogens with one attached hydrogen (secondary N) is 1. The number of carbonyl (C=O) groups excluding carboxylic acids is 1. The number of Topliss-reactive ketones (excluding diaryl/α,β-unsaturated/α-hetero) is 1. The molecular formula is C15H15BrClNO4S2. The van der Waals surface area contributed by atoms with Gasteiger partial charge in [-0.2, -0.15) is 0 Å². The number of halogens is 2. The van der Waals surface area contributed by atoms with Gasteiger partial charge in [-0.05, 0) is 52.7 Å². The van der Waals surface area contributed by atoms with Crippen molar-refractivity contribution in [3.05, 3.63) is 49.6 Å². The summed E-state index contributed by atoms with van der Waals surface area (Å²) in [5.41, 5.74) is 0. The highest BCUT2D eigenvalue weighted by atomic mass is 79.9. The summed E-state index contributed by atoms with van der Waals surface area (Å²) in [6, 6.07) is 8.61. The Balaban J connectivity index is 1.89. The van der Waals surface area contributed by atoms with Crippen LogP contribution in [0, 0.1) is 0 Å². The molecule has 0 fully saturated rings. The monoisotopic (exact) mass is 451 g/mol. The molecule has 1 aromatic heterocycles. The molecule has 0 atom stereocenters. The SMILES string of the molecule is CS(=O)(=O)NCCc1ccc(C(=O)COc2ccc(Cl)cc2Br)s1. The number of ether oxygens (including phenoxy) is 1. The van der Waals surface area contributed by atoms with Crippen LogP contribution >= 0.6 is 38.9 Å². The van der Waals surface area contributed by atoms with E-state index in [1.54, 1.807) is 24.3 Å². The minimum absolute atomic E-state index is 0.0816. The maximum absolute atomic E-state index is 12.2. The molecule has 1 N–H and O–H groups in total. The van der Waals surface area contributed by atoms with Crippen molar-refractivity contribution in [2.75, 3.05) is 19.4 Å². The fourth-order valence-corrected chi connectivity index (χ4v) is 4.03. The molecule has 0 bridgehead atoms. The predicted octanol–water partition coefficient (Wildman–Crippen LogP) is 3.52. The summed E-state index contributed by atoms with van der Waals surface area (Å²) in [5, 5.41) is 0.575. The Morgan fingerprint density at radius 2 is 2.08 bits per heavy atom. The van der Waals surface area contributed by atoms with Gasteiger partial charge in [0.1, 0.15) is 5.75 Å². The summed E-state index contributed by atoms with van der Waals surface area (Å²) in [6.07, 6.45) is 1.65. The Kier molecular flexibility index (Phi) is 6.82. The number of ketones is 1. The fraction of sp³-hybridized carbons (Fsp3) is 0.267.